The Balaban J connectivity index is 2.13. The normalized spacial score (nSPS) is 12.6. The van der Waals surface area contributed by atoms with E-state index >= 15 is 0 Å². The molecule has 6 heteroatoms. The van der Waals surface area contributed by atoms with Crippen LogP contribution in [0.2, 0.25) is 5.02 Å². The largest absolute Gasteiger partial charge is 0.308 e. The molecule has 0 radical (unpaired) electrons. The molecule has 2 rings (SSSR count). The monoisotopic (exact) mass is 299 g/mol. The van der Waals surface area contributed by atoms with Gasteiger partial charge in [0.05, 0.1) is 16.8 Å². The topological polar surface area (TPSA) is 37.8 Å². The van der Waals surface area contributed by atoms with Gasteiger partial charge in [-0.15, -0.1) is 5.10 Å². The lowest BCUT2D eigenvalue weighted by Crippen LogP contribution is -2.24. The van der Waals surface area contributed by atoms with Gasteiger partial charge in [0.1, 0.15) is 5.82 Å². The highest BCUT2D eigenvalue weighted by atomic mass is 35.5. The van der Waals surface area contributed by atoms with Crippen LogP contribution in [0.25, 0.3) is 0 Å². The summed E-state index contributed by atoms with van der Waals surface area (Å²) in [5.41, 5.74) is 1.79. The van der Waals surface area contributed by atoms with Gasteiger partial charge in [0.2, 0.25) is 0 Å². The molecule has 0 aliphatic rings. The third kappa shape index (κ3) is 3.96. The molecule has 0 saturated heterocycles. The van der Waals surface area contributed by atoms with E-state index in [9.17, 15) is 4.39 Å². The number of nitrogens with one attached hydrogen (secondary N) is 1. The van der Waals surface area contributed by atoms with E-state index < -0.39 is 0 Å². The van der Waals surface area contributed by atoms with Crippen LogP contribution in [0.3, 0.4) is 0 Å². The molecule has 1 atom stereocenters. The summed E-state index contributed by atoms with van der Waals surface area (Å²) >= 11 is 7.01. The summed E-state index contributed by atoms with van der Waals surface area (Å²) < 4.78 is 17.3. The molecule has 0 aliphatic heterocycles. The van der Waals surface area contributed by atoms with E-state index in [0.29, 0.717) is 6.42 Å². The van der Waals surface area contributed by atoms with Crippen molar-refractivity contribution in [1.29, 1.82) is 0 Å². The van der Waals surface area contributed by atoms with Gasteiger partial charge in [0.25, 0.3) is 0 Å². The number of nitrogens with zero attached hydrogens (tertiary/aromatic N) is 2. The molecule has 0 fully saturated rings. The molecule has 1 heterocycles. The Morgan fingerprint density at radius 1 is 1.47 bits per heavy atom. The molecule has 19 heavy (non-hydrogen) atoms. The summed E-state index contributed by atoms with van der Waals surface area (Å²) in [6, 6.07) is 4.95. The average molecular weight is 300 g/mol. The van der Waals surface area contributed by atoms with Crippen LogP contribution in [-0.2, 0) is 6.42 Å². The van der Waals surface area contributed by atoms with Gasteiger partial charge >= 0.3 is 0 Å². The van der Waals surface area contributed by atoms with E-state index in [1.54, 1.807) is 6.07 Å². The van der Waals surface area contributed by atoms with Gasteiger partial charge in [-0.25, -0.2) is 4.39 Å². The van der Waals surface area contributed by atoms with Crippen molar-refractivity contribution in [3.05, 3.63) is 45.7 Å². The Hall–Kier alpha value is -1.04. The number of halogens is 2. The maximum atomic E-state index is 13.4. The lowest BCUT2D eigenvalue weighted by Gasteiger charge is -2.16. The van der Waals surface area contributed by atoms with E-state index in [1.807, 2.05) is 11.4 Å². The minimum absolute atomic E-state index is 0.0549. The summed E-state index contributed by atoms with van der Waals surface area (Å²) in [7, 11) is 0. The molecule has 102 valence electrons. The van der Waals surface area contributed by atoms with Crippen molar-refractivity contribution < 1.29 is 4.39 Å². The van der Waals surface area contributed by atoms with E-state index in [4.69, 9.17) is 11.6 Å². The molecule has 3 nitrogen and oxygen atoms in total. The summed E-state index contributed by atoms with van der Waals surface area (Å²) in [5.74, 6) is -0.384. The highest BCUT2D eigenvalue weighted by molar-refractivity contribution is 7.03. The fraction of sp³-hybridized carbons (Fsp3) is 0.385. The average Bonchev–Trinajstić information content (AvgIpc) is 2.92. The zero-order valence-electron chi connectivity index (χ0n) is 10.6. The maximum Gasteiger partial charge on any atom is 0.142 e. The lowest BCUT2D eigenvalue weighted by atomic mass is 10.0. The highest BCUT2D eigenvalue weighted by Gasteiger charge is 2.15. The van der Waals surface area contributed by atoms with E-state index in [2.05, 4.69) is 21.8 Å². The molecular formula is C13H15ClFN3S. The van der Waals surface area contributed by atoms with Crippen molar-refractivity contribution in [3.63, 3.8) is 0 Å². The summed E-state index contributed by atoms with van der Waals surface area (Å²) in [6.45, 7) is 2.99. The van der Waals surface area contributed by atoms with Crippen molar-refractivity contribution in [1.82, 2.24) is 14.9 Å². The SMILES string of the molecule is CCCNC(Cc1ccc(Cl)c(F)c1)c1csnn1. The molecule has 1 aromatic carbocycles. The number of aromatic nitrogens is 2. The van der Waals surface area contributed by atoms with Crippen molar-refractivity contribution in [2.75, 3.05) is 6.54 Å². The third-order valence-electron chi connectivity index (χ3n) is 2.80. The molecule has 0 aliphatic carbocycles. The predicted molar refractivity (Wildman–Crippen MR) is 76.1 cm³/mol. The van der Waals surface area contributed by atoms with Gasteiger partial charge in [0, 0.05) is 5.38 Å². The van der Waals surface area contributed by atoms with E-state index in [0.717, 1.165) is 24.2 Å². The smallest absolute Gasteiger partial charge is 0.142 e. The van der Waals surface area contributed by atoms with E-state index in [-0.39, 0.29) is 16.9 Å². The Morgan fingerprint density at radius 3 is 2.95 bits per heavy atom. The Bertz CT molecular complexity index is 519. The first kappa shape index (κ1) is 14.4. The van der Waals surface area contributed by atoms with Crippen LogP contribution in [0.5, 0.6) is 0 Å². The third-order valence-corrected chi connectivity index (χ3v) is 3.63. The van der Waals surface area contributed by atoms with Gasteiger partial charge < -0.3 is 5.32 Å². The molecule has 0 bridgehead atoms. The van der Waals surface area contributed by atoms with Crippen molar-refractivity contribution >= 4 is 23.1 Å². The van der Waals surface area contributed by atoms with E-state index in [1.165, 1.54) is 17.6 Å². The van der Waals surface area contributed by atoms with Crippen LogP contribution in [0, 0.1) is 5.82 Å². The zero-order valence-corrected chi connectivity index (χ0v) is 12.1. The van der Waals surface area contributed by atoms with Crippen LogP contribution in [-0.4, -0.2) is 16.1 Å². The van der Waals surface area contributed by atoms with Gasteiger partial charge in [-0.1, -0.05) is 29.1 Å². The molecular weight excluding hydrogens is 285 g/mol. The van der Waals surface area contributed by atoms with Crippen LogP contribution in [0.4, 0.5) is 4.39 Å². The summed E-state index contributed by atoms with van der Waals surface area (Å²) in [5, 5.41) is 9.56. The van der Waals surface area contributed by atoms with Crippen LogP contribution in [0.15, 0.2) is 23.6 Å². The quantitative estimate of drug-likeness (QED) is 0.885. The van der Waals surface area contributed by atoms with Crippen LogP contribution >= 0.6 is 23.1 Å². The molecule has 0 saturated carbocycles. The van der Waals surface area contributed by atoms with Crippen molar-refractivity contribution in [2.45, 2.75) is 25.8 Å². The highest BCUT2D eigenvalue weighted by Crippen LogP contribution is 2.21. The van der Waals surface area contributed by atoms with Crippen molar-refractivity contribution in [3.8, 4) is 0 Å². The first-order valence-electron chi connectivity index (χ1n) is 6.15. The standard InChI is InChI=1S/C13H15ClFN3S/c1-2-5-16-12(13-8-19-18-17-13)7-9-3-4-10(14)11(15)6-9/h3-4,6,8,12,16H,2,5,7H2,1H3. The molecule has 1 unspecified atom stereocenters. The second-order valence-corrected chi connectivity index (χ2v) is 5.31. The molecule has 0 spiro atoms. The fourth-order valence-electron chi connectivity index (χ4n) is 1.83. The minimum atomic E-state index is -0.384. The summed E-state index contributed by atoms with van der Waals surface area (Å²) in [4.78, 5) is 0. The summed E-state index contributed by atoms with van der Waals surface area (Å²) in [6.07, 6.45) is 1.70. The minimum Gasteiger partial charge on any atom is -0.308 e. The number of rotatable bonds is 6. The number of hydrogen-bond acceptors (Lipinski definition) is 4. The van der Waals surface area contributed by atoms with Gasteiger partial charge in [-0.3, -0.25) is 0 Å². The molecule has 1 N–H and O–H groups in total. The number of hydrogen-bond donors (Lipinski definition) is 1. The van der Waals surface area contributed by atoms with Gasteiger partial charge in [-0.05, 0) is 48.6 Å². The van der Waals surface area contributed by atoms with Gasteiger partial charge in [0.15, 0.2) is 0 Å². The molecule has 0 amide bonds. The van der Waals surface area contributed by atoms with Crippen molar-refractivity contribution in [2.24, 2.45) is 0 Å². The first-order chi connectivity index (χ1) is 9.20. The molecule has 2 aromatic rings. The Morgan fingerprint density at radius 2 is 2.32 bits per heavy atom. The zero-order chi connectivity index (χ0) is 13.7. The number of benzene rings is 1. The second-order valence-electron chi connectivity index (χ2n) is 4.29. The Kier molecular flexibility index (Phi) is 5.24. The first-order valence-corrected chi connectivity index (χ1v) is 7.36. The fourth-order valence-corrected chi connectivity index (χ4v) is 2.45. The Labute approximate surface area is 121 Å². The van der Waals surface area contributed by atoms with Crippen LogP contribution in [0.1, 0.15) is 30.6 Å². The molecule has 1 aromatic heterocycles. The van der Waals surface area contributed by atoms with Crippen LogP contribution < -0.4 is 5.32 Å². The van der Waals surface area contributed by atoms with Gasteiger partial charge in [-0.2, -0.15) is 0 Å². The predicted octanol–water partition coefficient (Wildman–Crippen LogP) is 3.61. The maximum absolute atomic E-state index is 13.4. The lowest BCUT2D eigenvalue weighted by molar-refractivity contribution is 0.515. The second kappa shape index (κ2) is 6.93.